The van der Waals surface area contributed by atoms with E-state index >= 15 is 0 Å². The molecule has 0 aliphatic carbocycles. The van der Waals surface area contributed by atoms with E-state index in [0.717, 1.165) is 0 Å². The highest BCUT2D eigenvalue weighted by atomic mass is 16.6. The highest BCUT2D eigenvalue weighted by molar-refractivity contribution is 6.00. The van der Waals surface area contributed by atoms with E-state index in [9.17, 15) is 24.8 Å². The van der Waals surface area contributed by atoms with Crippen molar-refractivity contribution in [1.29, 1.82) is 0 Å². The fourth-order valence-corrected chi connectivity index (χ4v) is 4.87. The number of nitrogens with one attached hydrogen (secondary N) is 1. The molecule has 43 heavy (non-hydrogen) atoms. The van der Waals surface area contributed by atoms with E-state index in [0.29, 0.717) is 34.6 Å². The molecule has 0 amide bonds. The molecule has 0 saturated carbocycles. The first kappa shape index (κ1) is 30.6. The van der Waals surface area contributed by atoms with E-state index in [-0.39, 0.29) is 41.5 Å². The van der Waals surface area contributed by atoms with Gasteiger partial charge in [-0.15, -0.1) is 0 Å². The number of benzene rings is 2. The zero-order valence-electron chi connectivity index (χ0n) is 24.2. The Balaban J connectivity index is 1.88. The van der Waals surface area contributed by atoms with Crippen LogP contribution in [0.25, 0.3) is 6.08 Å². The number of nitrogens with zero attached hydrogens (tertiary/aromatic N) is 3. The lowest BCUT2D eigenvalue weighted by molar-refractivity contribution is -0.384. The third-order valence-corrected chi connectivity index (χ3v) is 6.75. The number of phenols is 1. The van der Waals surface area contributed by atoms with Crippen LogP contribution in [0.15, 0.2) is 83.7 Å². The second-order valence-corrected chi connectivity index (χ2v) is 9.52. The first-order valence-electron chi connectivity index (χ1n) is 13.5. The molecule has 2 heterocycles. The Morgan fingerprint density at radius 3 is 2.47 bits per heavy atom. The number of nitro groups is 1. The first-order chi connectivity index (χ1) is 20.7. The quantitative estimate of drug-likeness (QED) is 0.184. The molecule has 0 fully saturated rings. The molecular formula is C31H32N4O8. The minimum Gasteiger partial charge on any atom is -0.504 e. The maximum absolute atomic E-state index is 13.5. The zero-order valence-corrected chi connectivity index (χ0v) is 24.2. The largest absolute Gasteiger partial charge is 0.504 e. The Labute approximate surface area is 248 Å². The number of hydrogen-bond donors (Lipinski definition) is 2. The van der Waals surface area contributed by atoms with Crippen LogP contribution < -0.4 is 10.1 Å². The van der Waals surface area contributed by atoms with E-state index in [1.54, 1.807) is 74.4 Å². The van der Waals surface area contributed by atoms with Crippen LogP contribution in [0, 0.1) is 10.1 Å². The molecule has 1 aromatic heterocycles. The number of nitro benzene ring substituents is 1. The van der Waals surface area contributed by atoms with Gasteiger partial charge in [-0.05, 0) is 50.1 Å². The van der Waals surface area contributed by atoms with Crippen molar-refractivity contribution in [2.45, 2.75) is 33.2 Å². The van der Waals surface area contributed by atoms with Crippen molar-refractivity contribution < 1.29 is 33.8 Å². The number of dihydropyridines is 1. The minimum atomic E-state index is -1.02. The summed E-state index contributed by atoms with van der Waals surface area (Å²) in [6.45, 7) is 5.47. The molecule has 12 nitrogen and oxygen atoms in total. The molecule has 1 unspecified atom stereocenters. The first-order valence-corrected chi connectivity index (χ1v) is 13.5. The third kappa shape index (κ3) is 6.75. The number of aromatic nitrogens is 2. The average molecular weight is 589 g/mol. The van der Waals surface area contributed by atoms with E-state index in [2.05, 4.69) is 10.3 Å². The lowest BCUT2D eigenvalue weighted by atomic mass is 9.80. The smallest absolute Gasteiger partial charge is 0.337 e. The Kier molecular flexibility index (Phi) is 9.61. The Morgan fingerprint density at radius 1 is 1.12 bits per heavy atom. The maximum atomic E-state index is 13.5. The number of aromatic hydroxyl groups is 1. The topological polar surface area (TPSA) is 155 Å². The summed E-state index contributed by atoms with van der Waals surface area (Å²) >= 11 is 0. The van der Waals surface area contributed by atoms with Gasteiger partial charge in [0.1, 0.15) is 0 Å². The van der Waals surface area contributed by atoms with Crippen molar-refractivity contribution in [3.63, 3.8) is 0 Å². The highest BCUT2D eigenvalue weighted by Crippen LogP contribution is 2.41. The molecule has 2 N–H and O–H groups in total. The number of imidazole rings is 1. The van der Waals surface area contributed by atoms with Gasteiger partial charge < -0.3 is 29.2 Å². The Morgan fingerprint density at radius 2 is 1.84 bits per heavy atom. The minimum absolute atomic E-state index is 0.0147. The van der Waals surface area contributed by atoms with Crippen molar-refractivity contribution >= 4 is 23.7 Å². The molecule has 0 saturated heterocycles. The number of methoxy groups -OCH3 is 1. The van der Waals surface area contributed by atoms with Crippen molar-refractivity contribution in [3.05, 3.63) is 111 Å². The van der Waals surface area contributed by atoms with Gasteiger partial charge in [0.25, 0.3) is 5.69 Å². The maximum Gasteiger partial charge on any atom is 0.337 e. The molecule has 0 spiro atoms. The number of allylic oxidation sites excluding steroid dienone is 2. The van der Waals surface area contributed by atoms with Gasteiger partial charge in [0, 0.05) is 41.5 Å². The SMILES string of the molecule is CCOC(=O)C1=C(C)NC(/C=C/c2cc(Cn3ccnc3)c(O)c(OC)c2)=C(C(=O)OCC)C1c1cccc([N+](=O)[O-])c1. The summed E-state index contributed by atoms with van der Waals surface area (Å²) in [5, 5.41) is 25.5. The predicted octanol–water partition coefficient (Wildman–Crippen LogP) is 4.61. The Hall–Kier alpha value is -5.39. The van der Waals surface area contributed by atoms with Crippen LogP contribution in [-0.2, 0) is 25.6 Å². The van der Waals surface area contributed by atoms with E-state index in [1.807, 2.05) is 0 Å². The fraction of sp³-hybridized carbons (Fsp3) is 0.258. The highest BCUT2D eigenvalue weighted by Gasteiger charge is 2.39. The molecule has 3 aromatic rings. The third-order valence-electron chi connectivity index (χ3n) is 6.75. The summed E-state index contributed by atoms with van der Waals surface area (Å²) in [6.07, 6.45) is 8.39. The molecule has 0 bridgehead atoms. The fourth-order valence-electron chi connectivity index (χ4n) is 4.87. The number of carbonyl (C=O) groups excluding carboxylic acids is 2. The molecule has 1 atom stereocenters. The van der Waals surface area contributed by atoms with Gasteiger partial charge in [-0.1, -0.05) is 18.2 Å². The van der Waals surface area contributed by atoms with Gasteiger partial charge in [0.15, 0.2) is 11.5 Å². The average Bonchev–Trinajstić information content (AvgIpc) is 3.50. The summed E-state index contributed by atoms with van der Waals surface area (Å²) in [4.78, 5) is 41.8. The normalized spacial score (nSPS) is 14.9. The molecular weight excluding hydrogens is 556 g/mol. The zero-order chi connectivity index (χ0) is 31.1. The number of rotatable bonds is 11. The second kappa shape index (κ2) is 13.5. The van der Waals surface area contributed by atoms with Gasteiger partial charge in [0.2, 0.25) is 0 Å². The molecule has 12 heteroatoms. The van der Waals surface area contributed by atoms with Crippen molar-refractivity contribution in [2.24, 2.45) is 0 Å². The van der Waals surface area contributed by atoms with Crippen LogP contribution in [0.3, 0.4) is 0 Å². The van der Waals surface area contributed by atoms with Gasteiger partial charge in [-0.25, -0.2) is 14.6 Å². The van der Waals surface area contributed by atoms with Crippen molar-refractivity contribution in [3.8, 4) is 11.5 Å². The van der Waals surface area contributed by atoms with Gasteiger partial charge in [0.05, 0.1) is 55.2 Å². The lowest BCUT2D eigenvalue weighted by Crippen LogP contribution is -2.33. The molecule has 1 aliphatic rings. The van der Waals surface area contributed by atoms with E-state index < -0.39 is 22.8 Å². The van der Waals surface area contributed by atoms with Crippen LogP contribution in [0.4, 0.5) is 5.69 Å². The summed E-state index contributed by atoms with van der Waals surface area (Å²) in [7, 11) is 1.45. The molecule has 4 rings (SSSR count). The van der Waals surface area contributed by atoms with Gasteiger partial charge in [-0.3, -0.25) is 10.1 Å². The number of esters is 2. The molecule has 2 aromatic carbocycles. The van der Waals surface area contributed by atoms with Crippen molar-refractivity contribution in [1.82, 2.24) is 14.9 Å². The van der Waals surface area contributed by atoms with Crippen LogP contribution in [0.2, 0.25) is 0 Å². The molecule has 1 aliphatic heterocycles. The summed E-state index contributed by atoms with van der Waals surface area (Å²) in [6, 6.07) is 9.18. The predicted molar refractivity (Wildman–Crippen MR) is 157 cm³/mol. The number of non-ortho nitro benzene ring substituents is 1. The Bertz CT molecular complexity index is 1620. The number of phenolic OH excluding ortho intramolecular Hbond substituents is 1. The van der Waals surface area contributed by atoms with Crippen LogP contribution in [0.1, 0.15) is 43.4 Å². The number of hydrogen-bond acceptors (Lipinski definition) is 10. The number of ether oxygens (including phenoxy) is 3. The van der Waals surface area contributed by atoms with Crippen molar-refractivity contribution in [2.75, 3.05) is 20.3 Å². The van der Waals surface area contributed by atoms with Crippen LogP contribution >= 0.6 is 0 Å². The number of carbonyl (C=O) groups is 2. The van der Waals surface area contributed by atoms with Gasteiger partial charge >= 0.3 is 11.9 Å². The molecule has 0 radical (unpaired) electrons. The summed E-state index contributed by atoms with van der Waals surface area (Å²) in [5.74, 6) is -2.15. The van der Waals surface area contributed by atoms with E-state index in [1.165, 1.54) is 25.3 Å². The summed E-state index contributed by atoms with van der Waals surface area (Å²) in [5.41, 5.74) is 2.32. The van der Waals surface area contributed by atoms with Crippen LogP contribution in [0.5, 0.6) is 11.5 Å². The van der Waals surface area contributed by atoms with Crippen LogP contribution in [-0.4, -0.2) is 51.8 Å². The van der Waals surface area contributed by atoms with E-state index in [4.69, 9.17) is 14.2 Å². The standard InChI is InChI=1S/C31H32N4O8/c1-5-42-30(37)26-19(3)33-24(28(31(38)43-6-2)27(26)21-8-7-9-23(16-21)35(39)40)11-10-20-14-22(17-34-13-12-32-18-34)29(36)25(15-20)41-4/h7-16,18,27,33,36H,5-6,17H2,1-4H3/b11-10+. The molecule has 224 valence electrons. The van der Waals surface area contributed by atoms with Gasteiger partial charge in [-0.2, -0.15) is 0 Å². The lowest BCUT2D eigenvalue weighted by Gasteiger charge is -2.30. The summed E-state index contributed by atoms with van der Waals surface area (Å²) < 4.78 is 17.9. The second-order valence-electron chi connectivity index (χ2n) is 9.52. The monoisotopic (exact) mass is 588 g/mol.